The first-order chi connectivity index (χ1) is 9.02. The number of thiophene rings is 1. The van der Waals surface area contributed by atoms with E-state index in [4.69, 9.17) is 0 Å². The van der Waals surface area contributed by atoms with Gasteiger partial charge in [0.05, 0.1) is 0 Å². The Morgan fingerprint density at radius 3 is 2.11 bits per heavy atom. The molecule has 19 heavy (non-hydrogen) atoms. The number of halogens is 4. The van der Waals surface area contributed by atoms with Crippen molar-refractivity contribution in [1.82, 2.24) is 0 Å². The molecule has 1 heterocycles. The highest BCUT2D eigenvalue weighted by Crippen LogP contribution is 2.25. The minimum atomic E-state index is -1.41. The lowest BCUT2D eigenvalue weighted by atomic mass is 10.2. The van der Waals surface area contributed by atoms with E-state index in [1.54, 1.807) is 0 Å². The summed E-state index contributed by atoms with van der Waals surface area (Å²) in [5.41, 5.74) is -0.774. The van der Waals surface area contributed by atoms with Gasteiger partial charge >= 0.3 is 0 Å². The van der Waals surface area contributed by atoms with Gasteiger partial charge in [0.15, 0.2) is 23.3 Å². The summed E-state index contributed by atoms with van der Waals surface area (Å²) in [6, 6.07) is 3.90. The summed E-state index contributed by atoms with van der Waals surface area (Å²) in [7, 11) is 0. The molecule has 0 radical (unpaired) electrons. The van der Waals surface area contributed by atoms with E-state index in [0.29, 0.717) is 0 Å². The second kappa shape index (κ2) is 5.61. The second-order valence-electron chi connectivity index (χ2n) is 3.92. The molecule has 2 rings (SSSR count). The van der Waals surface area contributed by atoms with Crippen LogP contribution in [0, 0.1) is 23.3 Å². The molecule has 1 N–H and O–H groups in total. The fraction of sp³-hybridized carbons (Fsp3) is 0.231. The Bertz CT molecular complexity index is 568. The molecule has 0 saturated carbocycles. The maximum Gasteiger partial charge on any atom is 0.185 e. The quantitative estimate of drug-likeness (QED) is 0.646. The Morgan fingerprint density at radius 2 is 1.58 bits per heavy atom. The lowest BCUT2D eigenvalue weighted by molar-refractivity contribution is 0.458. The Balaban J connectivity index is 2.19. The van der Waals surface area contributed by atoms with Crippen LogP contribution in [-0.4, -0.2) is 0 Å². The van der Waals surface area contributed by atoms with Crippen LogP contribution in [0.3, 0.4) is 0 Å². The Kier molecular flexibility index (Phi) is 4.09. The molecule has 0 saturated heterocycles. The predicted molar refractivity (Wildman–Crippen MR) is 67.3 cm³/mol. The summed E-state index contributed by atoms with van der Waals surface area (Å²) in [6.07, 6.45) is 0.863. The first-order valence-corrected chi connectivity index (χ1v) is 6.49. The first kappa shape index (κ1) is 13.9. The second-order valence-corrected chi connectivity index (χ2v) is 5.17. The fourth-order valence-electron chi connectivity index (χ4n) is 1.61. The lowest BCUT2D eigenvalue weighted by Crippen LogP contribution is -2.06. The zero-order chi connectivity index (χ0) is 14.0. The summed E-state index contributed by atoms with van der Waals surface area (Å²) >= 11 is 1.48. The summed E-state index contributed by atoms with van der Waals surface area (Å²) in [5.74, 6) is -5.65. The zero-order valence-electron chi connectivity index (χ0n) is 10.1. The Labute approximate surface area is 111 Å². The highest BCUT2D eigenvalue weighted by Gasteiger charge is 2.18. The zero-order valence-corrected chi connectivity index (χ0v) is 10.9. The van der Waals surface area contributed by atoms with Crippen LogP contribution in [0.25, 0.3) is 0 Å². The van der Waals surface area contributed by atoms with Crippen molar-refractivity contribution in [3.8, 4) is 0 Å². The summed E-state index contributed by atoms with van der Waals surface area (Å²) in [6.45, 7) is 2.10. The van der Waals surface area contributed by atoms with E-state index in [0.717, 1.165) is 16.2 Å². The van der Waals surface area contributed by atoms with Gasteiger partial charge in [0.1, 0.15) is 5.69 Å². The molecule has 0 aliphatic carbocycles. The minimum Gasteiger partial charge on any atom is -0.375 e. The molecule has 1 aromatic heterocycles. The van der Waals surface area contributed by atoms with Gasteiger partial charge in [-0.25, -0.2) is 17.6 Å². The van der Waals surface area contributed by atoms with Crippen LogP contribution in [0.15, 0.2) is 18.2 Å². The van der Waals surface area contributed by atoms with E-state index in [9.17, 15) is 17.6 Å². The highest BCUT2D eigenvalue weighted by atomic mass is 32.1. The van der Waals surface area contributed by atoms with Crippen molar-refractivity contribution < 1.29 is 17.6 Å². The maximum atomic E-state index is 13.4. The van der Waals surface area contributed by atoms with Gasteiger partial charge in [-0.3, -0.25) is 0 Å². The van der Waals surface area contributed by atoms with E-state index in [1.165, 1.54) is 11.3 Å². The fourth-order valence-corrected chi connectivity index (χ4v) is 2.51. The average Bonchev–Trinajstić information content (AvgIpc) is 2.84. The number of anilines is 1. The van der Waals surface area contributed by atoms with E-state index in [-0.39, 0.29) is 12.6 Å². The molecule has 2 aromatic rings. The Morgan fingerprint density at radius 1 is 1.00 bits per heavy atom. The van der Waals surface area contributed by atoms with Gasteiger partial charge in [0.25, 0.3) is 0 Å². The maximum absolute atomic E-state index is 13.4. The van der Waals surface area contributed by atoms with Gasteiger partial charge in [-0.1, -0.05) is 6.92 Å². The molecule has 0 unspecified atom stereocenters. The SMILES string of the molecule is CCc1ccc(CNc2c(F)c(F)cc(F)c2F)s1. The van der Waals surface area contributed by atoms with Crippen LogP contribution in [0.5, 0.6) is 0 Å². The van der Waals surface area contributed by atoms with E-state index in [1.807, 2.05) is 19.1 Å². The van der Waals surface area contributed by atoms with Gasteiger partial charge in [0, 0.05) is 22.4 Å². The normalized spacial score (nSPS) is 10.8. The molecule has 0 atom stereocenters. The van der Waals surface area contributed by atoms with Crippen LogP contribution < -0.4 is 5.32 Å². The van der Waals surface area contributed by atoms with Crippen molar-refractivity contribution in [2.45, 2.75) is 19.9 Å². The van der Waals surface area contributed by atoms with Crippen molar-refractivity contribution in [2.75, 3.05) is 5.32 Å². The Hall–Kier alpha value is -1.56. The number of rotatable bonds is 4. The molecular formula is C13H11F4NS. The summed E-state index contributed by atoms with van der Waals surface area (Å²) < 4.78 is 52.7. The minimum absolute atomic E-state index is 0.112. The highest BCUT2D eigenvalue weighted by molar-refractivity contribution is 7.12. The van der Waals surface area contributed by atoms with Gasteiger partial charge in [0.2, 0.25) is 0 Å². The van der Waals surface area contributed by atoms with Crippen molar-refractivity contribution in [2.24, 2.45) is 0 Å². The van der Waals surface area contributed by atoms with E-state index >= 15 is 0 Å². The van der Waals surface area contributed by atoms with E-state index in [2.05, 4.69) is 5.32 Å². The number of nitrogens with one attached hydrogen (secondary N) is 1. The van der Waals surface area contributed by atoms with Gasteiger partial charge in [-0.2, -0.15) is 0 Å². The molecule has 0 spiro atoms. The van der Waals surface area contributed by atoms with Crippen LogP contribution in [-0.2, 0) is 13.0 Å². The molecule has 6 heteroatoms. The van der Waals surface area contributed by atoms with Crippen molar-refractivity contribution >= 4 is 17.0 Å². The van der Waals surface area contributed by atoms with Crippen molar-refractivity contribution in [3.63, 3.8) is 0 Å². The molecule has 0 bridgehead atoms. The molecule has 1 aromatic carbocycles. The summed E-state index contributed by atoms with van der Waals surface area (Å²) in [5, 5.41) is 2.40. The number of benzene rings is 1. The van der Waals surface area contributed by atoms with Gasteiger partial charge < -0.3 is 5.32 Å². The largest absolute Gasteiger partial charge is 0.375 e. The average molecular weight is 289 g/mol. The molecule has 0 fully saturated rings. The molecule has 0 aliphatic heterocycles. The molecule has 102 valence electrons. The van der Waals surface area contributed by atoms with Crippen LogP contribution in [0.1, 0.15) is 16.7 Å². The number of hydrogen-bond acceptors (Lipinski definition) is 2. The topological polar surface area (TPSA) is 12.0 Å². The van der Waals surface area contributed by atoms with Gasteiger partial charge in [-0.15, -0.1) is 11.3 Å². The van der Waals surface area contributed by atoms with Crippen LogP contribution in [0.2, 0.25) is 0 Å². The monoisotopic (exact) mass is 289 g/mol. The molecule has 0 amide bonds. The third kappa shape index (κ3) is 2.89. The standard InChI is InChI=1S/C13H11F4NS/c1-2-7-3-4-8(19-7)6-18-13-11(16)9(14)5-10(15)12(13)17/h3-5,18H,2,6H2,1H3. The van der Waals surface area contributed by atoms with Gasteiger partial charge in [-0.05, 0) is 18.6 Å². The first-order valence-electron chi connectivity index (χ1n) is 5.67. The van der Waals surface area contributed by atoms with Crippen LogP contribution >= 0.6 is 11.3 Å². The lowest BCUT2D eigenvalue weighted by Gasteiger charge is -2.08. The molecule has 1 nitrogen and oxygen atoms in total. The van der Waals surface area contributed by atoms with Crippen LogP contribution in [0.4, 0.5) is 23.2 Å². The van der Waals surface area contributed by atoms with Crippen molar-refractivity contribution in [3.05, 3.63) is 51.2 Å². The number of aryl methyl sites for hydroxylation is 1. The number of hydrogen-bond donors (Lipinski definition) is 1. The molecular weight excluding hydrogens is 278 g/mol. The molecule has 0 aliphatic rings. The predicted octanol–water partition coefficient (Wildman–Crippen LogP) is 4.48. The van der Waals surface area contributed by atoms with E-state index < -0.39 is 29.0 Å². The third-order valence-corrected chi connectivity index (χ3v) is 3.85. The van der Waals surface area contributed by atoms with Crippen molar-refractivity contribution in [1.29, 1.82) is 0 Å². The third-order valence-electron chi connectivity index (χ3n) is 2.62. The smallest absolute Gasteiger partial charge is 0.185 e. The summed E-state index contributed by atoms with van der Waals surface area (Å²) in [4.78, 5) is 1.96.